The van der Waals surface area contributed by atoms with E-state index in [0.29, 0.717) is 35.2 Å². The number of nitrogens with one attached hydrogen (secondary N) is 2. The van der Waals surface area contributed by atoms with Gasteiger partial charge in [0, 0.05) is 37.7 Å². The smallest absolute Gasteiger partial charge is 0.268 e. The zero-order valence-electron chi connectivity index (χ0n) is 17.1. The summed E-state index contributed by atoms with van der Waals surface area (Å²) in [5, 5.41) is 31.1. The van der Waals surface area contributed by atoms with Crippen molar-refractivity contribution in [3.8, 4) is 6.07 Å². The van der Waals surface area contributed by atoms with E-state index in [9.17, 15) is 20.0 Å². The maximum absolute atomic E-state index is 12.5. The number of rotatable bonds is 6. The van der Waals surface area contributed by atoms with Crippen LogP contribution in [-0.4, -0.2) is 66.2 Å². The maximum atomic E-state index is 12.5. The Bertz CT molecular complexity index is 1030. The van der Waals surface area contributed by atoms with Gasteiger partial charge < -0.3 is 30.2 Å². The third-order valence-electron chi connectivity index (χ3n) is 5.70. The molecule has 1 unspecified atom stereocenters. The molecule has 2 heterocycles. The van der Waals surface area contributed by atoms with Crippen LogP contribution in [0.3, 0.4) is 0 Å². The number of anilines is 1. The fourth-order valence-electron chi connectivity index (χ4n) is 3.63. The third kappa shape index (κ3) is 4.31. The van der Waals surface area contributed by atoms with Gasteiger partial charge in [0.2, 0.25) is 0 Å². The first-order chi connectivity index (χ1) is 14.3. The topological polar surface area (TPSA) is 139 Å². The number of benzene rings is 1. The normalized spacial score (nSPS) is 16.8. The summed E-state index contributed by atoms with van der Waals surface area (Å²) in [4.78, 5) is 29.7. The second kappa shape index (κ2) is 8.83. The maximum Gasteiger partial charge on any atom is 0.268 e. The lowest BCUT2D eigenvalue weighted by Gasteiger charge is -2.40. The summed E-state index contributed by atoms with van der Waals surface area (Å²) in [6, 6.07) is 6.83. The van der Waals surface area contributed by atoms with Crippen molar-refractivity contribution in [2.75, 3.05) is 38.3 Å². The quantitative estimate of drug-likeness (QED) is 0.539. The molecule has 0 spiro atoms. The van der Waals surface area contributed by atoms with Crippen molar-refractivity contribution in [1.82, 2.24) is 10.3 Å². The highest BCUT2D eigenvalue weighted by molar-refractivity contribution is 6.02. The number of aromatic nitrogens is 1. The summed E-state index contributed by atoms with van der Waals surface area (Å²) in [5.74, 6) is -0.425. The molecule has 3 rings (SSSR count). The number of aromatic amines is 1. The number of piperidine rings is 1. The molecule has 4 N–H and O–H groups in total. The number of aliphatic hydroxyl groups is 2. The molecule has 1 amide bonds. The van der Waals surface area contributed by atoms with E-state index in [-0.39, 0.29) is 17.7 Å². The molecule has 30 heavy (non-hydrogen) atoms. The van der Waals surface area contributed by atoms with Crippen LogP contribution in [-0.2, 0) is 4.74 Å². The van der Waals surface area contributed by atoms with E-state index in [4.69, 9.17) is 9.84 Å². The fourth-order valence-corrected chi connectivity index (χ4v) is 3.63. The van der Waals surface area contributed by atoms with Crippen LogP contribution >= 0.6 is 0 Å². The summed E-state index contributed by atoms with van der Waals surface area (Å²) in [6.45, 7) is 2.71. The van der Waals surface area contributed by atoms with E-state index >= 15 is 0 Å². The number of ether oxygens (including phenoxy) is 1. The SMILES string of the molecule is COC1(C)CCN(c2c(C#N)c(=O)[nH]c3ccc(C(=O)NCC(O)CO)cc23)CC1. The number of fused-ring (bicyclic) bond motifs is 1. The summed E-state index contributed by atoms with van der Waals surface area (Å²) in [6.07, 6.45) is 0.430. The molecule has 1 saturated heterocycles. The van der Waals surface area contributed by atoms with E-state index < -0.39 is 24.2 Å². The molecule has 1 aliphatic rings. The zero-order chi connectivity index (χ0) is 21.9. The number of nitriles is 1. The van der Waals surface area contributed by atoms with Crippen molar-refractivity contribution in [2.24, 2.45) is 0 Å². The number of pyridine rings is 1. The highest BCUT2D eigenvalue weighted by Crippen LogP contribution is 2.33. The molecule has 1 fully saturated rings. The van der Waals surface area contributed by atoms with Crippen molar-refractivity contribution in [3.05, 3.63) is 39.7 Å². The number of amides is 1. The first kappa shape index (κ1) is 21.8. The summed E-state index contributed by atoms with van der Waals surface area (Å²) >= 11 is 0. The monoisotopic (exact) mass is 414 g/mol. The van der Waals surface area contributed by atoms with Crippen molar-refractivity contribution in [1.29, 1.82) is 5.26 Å². The number of methoxy groups -OCH3 is 1. The Hall–Kier alpha value is -2.93. The van der Waals surface area contributed by atoms with E-state index in [1.54, 1.807) is 25.3 Å². The standard InChI is InChI=1S/C21H26N4O5/c1-21(30-2)5-7-25(8-6-21)18-15-9-13(19(28)23-11-14(27)12-26)3-4-17(15)24-20(29)16(18)10-22/h3-4,9,14,26-27H,5-8,11-12H2,1-2H3,(H,23,28)(H,24,29). The number of nitrogens with zero attached hydrogens (tertiary/aromatic N) is 2. The first-order valence-electron chi connectivity index (χ1n) is 9.79. The van der Waals surface area contributed by atoms with Gasteiger partial charge in [0.1, 0.15) is 11.6 Å². The molecule has 0 saturated carbocycles. The highest BCUT2D eigenvalue weighted by Gasteiger charge is 2.32. The molecule has 160 valence electrons. The second-order valence-electron chi connectivity index (χ2n) is 7.74. The van der Waals surface area contributed by atoms with Crippen LogP contribution in [0.4, 0.5) is 5.69 Å². The molecule has 2 aromatic rings. The van der Waals surface area contributed by atoms with E-state index in [2.05, 4.69) is 10.3 Å². The molecule has 1 aliphatic heterocycles. The predicted octanol–water partition coefficient (Wildman–Crippen LogP) is 0.488. The second-order valence-corrected chi connectivity index (χ2v) is 7.74. The Morgan fingerprint density at radius 2 is 2.13 bits per heavy atom. The van der Waals surface area contributed by atoms with E-state index in [0.717, 1.165) is 12.8 Å². The lowest BCUT2D eigenvalue weighted by Crippen LogP contribution is -2.44. The van der Waals surface area contributed by atoms with Crippen LogP contribution < -0.4 is 15.8 Å². The Morgan fingerprint density at radius 3 is 2.73 bits per heavy atom. The van der Waals surface area contributed by atoms with Crippen molar-refractivity contribution in [2.45, 2.75) is 31.5 Å². The molecule has 0 bridgehead atoms. The van der Waals surface area contributed by atoms with Gasteiger partial charge in [-0.3, -0.25) is 9.59 Å². The Morgan fingerprint density at radius 1 is 1.43 bits per heavy atom. The van der Waals surface area contributed by atoms with Crippen molar-refractivity contribution >= 4 is 22.5 Å². The largest absolute Gasteiger partial charge is 0.394 e. The van der Waals surface area contributed by atoms with Crippen molar-refractivity contribution < 1.29 is 19.7 Å². The molecule has 0 aliphatic carbocycles. The van der Waals surface area contributed by atoms with Crippen molar-refractivity contribution in [3.63, 3.8) is 0 Å². The molecule has 0 radical (unpaired) electrons. The molecule has 1 aromatic heterocycles. The lowest BCUT2D eigenvalue weighted by atomic mass is 9.92. The molecular formula is C21H26N4O5. The Balaban J connectivity index is 2.02. The number of hydrogen-bond acceptors (Lipinski definition) is 7. The average molecular weight is 414 g/mol. The molecule has 1 aromatic carbocycles. The zero-order valence-corrected chi connectivity index (χ0v) is 17.1. The number of hydrogen-bond donors (Lipinski definition) is 4. The predicted molar refractivity (Wildman–Crippen MR) is 112 cm³/mol. The van der Waals surface area contributed by atoms with Crippen LogP contribution in [0.1, 0.15) is 35.7 Å². The number of carbonyl (C=O) groups is 1. The lowest BCUT2D eigenvalue weighted by molar-refractivity contribution is -0.0132. The van der Waals surface area contributed by atoms with Gasteiger partial charge in [-0.15, -0.1) is 0 Å². The number of aliphatic hydroxyl groups excluding tert-OH is 2. The minimum Gasteiger partial charge on any atom is -0.394 e. The summed E-state index contributed by atoms with van der Waals surface area (Å²) in [5.41, 5.74) is 0.656. The minimum atomic E-state index is -1.05. The molecule has 1 atom stereocenters. The molecular weight excluding hydrogens is 388 g/mol. The van der Waals surface area contributed by atoms with Crippen LogP contribution in [0.2, 0.25) is 0 Å². The first-order valence-corrected chi connectivity index (χ1v) is 9.79. The Labute approximate surface area is 173 Å². The van der Waals surface area contributed by atoms with Crippen LogP contribution in [0.15, 0.2) is 23.0 Å². The van der Waals surface area contributed by atoms with Crippen LogP contribution in [0, 0.1) is 11.3 Å². The van der Waals surface area contributed by atoms with Gasteiger partial charge in [-0.05, 0) is 38.0 Å². The van der Waals surface area contributed by atoms with Gasteiger partial charge in [-0.2, -0.15) is 5.26 Å². The van der Waals surface area contributed by atoms with Gasteiger partial charge in [0.25, 0.3) is 11.5 Å². The van der Waals surface area contributed by atoms with Crippen LogP contribution in [0.5, 0.6) is 0 Å². The third-order valence-corrected chi connectivity index (χ3v) is 5.70. The van der Waals surface area contributed by atoms with Crippen LogP contribution in [0.25, 0.3) is 10.9 Å². The van der Waals surface area contributed by atoms with E-state index in [1.807, 2.05) is 17.9 Å². The summed E-state index contributed by atoms with van der Waals surface area (Å²) < 4.78 is 5.59. The fraction of sp³-hybridized carbons (Fsp3) is 0.476. The number of carbonyl (C=O) groups excluding carboxylic acids is 1. The minimum absolute atomic E-state index is 0.0109. The summed E-state index contributed by atoms with van der Waals surface area (Å²) in [7, 11) is 1.68. The van der Waals surface area contributed by atoms with Gasteiger partial charge in [0.15, 0.2) is 0 Å². The number of H-pyrrole nitrogens is 1. The van der Waals surface area contributed by atoms with Gasteiger partial charge in [0.05, 0.1) is 29.5 Å². The average Bonchev–Trinajstić information content (AvgIpc) is 2.76. The van der Waals surface area contributed by atoms with Gasteiger partial charge in [-0.1, -0.05) is 0 Å². The van der Waals surface area contributed by atoms with Gasteiger partial charge >= 0.3 is 0 Å². The molecule has 9 heteroatoms. The van der Waals surface area contributed by atoms with E-state index in [1.165, 1.54) is 0 Å². The Kier molecular flexibility index (Phi) is 6.41. The highest BCUT2D eigenvalue weighted by atomic mass is 16.5. The molecule has 9 nitrogen and oxygen atoms in total. The van der Waals surface area contributed by atoms with Gasteiger partial charge in [-0.25, -0.2) is 0 Å².